The summed E-state index contributed by atoms with van der Waals surface area (Å²) in [6, 6.07) is 7.42. The fourth-order valence-corrected chi connectivity index (χ4v) is 4.33. The first-order valence-electron chi connectivity index (χ1n) is 10.8. The highest BCUT2D eigenvalue weighted by atomic mass is 32.1. The van der Waals surface area contributed by atoms with Gasteiger partial charge in [0.15, 0.2) is 0 Å². The second kappa shape index (κ2) is 11.1. The van der Waals surface area contributed by atoms with Crippen molar-refractivity contribution in [1.82, 2.24) is 15.5 Å². The van der Waals surface area contributed by atoms with Crippen molar-refractivity contribution in [2.75, 3.05) is 32.8 Å². The second-order valence-electron chi connectivity index (χ2n) is 8.20. The molecular formula is C23H28F3N3O3S. The van der Waals surface area contributed by atoms with Gasteiger partial charge in [0, 0.05) is 19.6 Å². The summed E-state index contributed by atoms with van der Waals surface area (Å²) in [5, 5.41) is 7.48. The van der Waals surface area contributed by atoms with Crippen molar-refractivity contribution >= 4 is 23.2 Å². The number of hydrogen-bond donors (Lipinski definition) is 2. The fourth-order valence-electron chi connectivity index (χ4n) is 3.70. The van der Waals surface area contributed by atoms with E-state index in [0.717, 1.165) is 12.1 Å². The minimum atomic E-state index is -4.41. The van der Waals surface area contributed by atoms with Gasteiger partial charge in [-0.2, -0.15) is 13.2 Å². The van der Waals surface area contributed by atoms with Crippen LogP contribution < -0.4 is 10.6 Å². The molecule has 1 aromatic heterocycles. The molecule has 0 aliphatic carbocycles. The maximum atomic E-state index is 13.0. The van der Waals surface area contributed by atoms with Crippen LogP contribution in [-0.2, 0) is 15.7 Å². The van der Waals surface area contributed by atoms with E-state index >= 15 is 0 Å². The summed E-state index contributed by atoms with van der Waals surface area (Å²) in [6.07, 6.45) is -4.41. The zero-order valence-electron chi connectivity index (χ0n) is 18.5. The zero-order chi connectivity index (χ0) is 24.0. The van der Waals surface area contributed by atoms with Gasteiger partial charge in [-0.05, 0) is 35.1 Å². The molecule has 2 heterocycles. The number of benzene rings is 1. The number of amides is 2. The van der Waals surface area contributed by atoms with Crippen molar-refractivity contribution in [3.05, 3.63) is 57.8 Å². The van der Waals surface area contributed by atoms with Crippen LogP contribution in [0.5, 0.6) is 0 Å². The van der Waals surface area contributed by atoms with E-state index in [4.69, 9.17) is 4.74 Å². The SMILES string of the molecule is CC(C)C(NC(=O)c1cccs1)C(=O)NCC(c1ccc(C(F)(F)F)cc1)N1CCOCC1. The molecule has 2 atom stereocenters. The number of carbonyl (C=O) groups is 2. The molecule has 3 rings (SSSR count). The number of nitrogens with zero attached hydrogens (tertiary/aromatic N) is 1. The maximum absolute atomic E-state index is 13.0. The molecule has 2 N–H and O–H groups in total. The summed E-state index contributed by atoms with van der Waals surface area (Å²) in [4.78, 5) is 28.0. The van der Waals surface area contributed by atoms with E-state index in [1.54, 1.807) is 17.5 Å². The number of morpholine rings is 1. The number of nitrogens with one attached hydrogen (secondary N) is 2. The molecule has 1 aromatic carbocycles. The molecule has 0 saturated carbocycles. The Morgan fingerprint density at radius 3 is 2.33 bits per heavy atom. The highest BCUT2D eigenvalue weighted by Crippen LogP contribution is 2.31. The molecule has 0 radical (unpaired) electrons. The Labute approximate surface area is 195 Å². The van der Waals surface area contributed by atoms with Gasteiger partial charge in [-0.25, -0.2) is 0 Å². The highest BCUT2D eigenvalue weighted by Gasteiger charge is 2.31. The third kappa shape index (κ3) is 6.78. The largest absolute Gasteiger partial charge is 0.416 e. The third-order valence-corrected chi connectivity index (χ3v) is 6.43. The quantitative estimate of drug-likeness (QED) is 0.601. The number of rotatable bonds is 8. The van der Waals surface area contributed by atoms with Gasteiger partial charge in [0.05, 0.1) is 29.7 Å². The molecule has 0 spiro atoms. The van der Waals surface area contributed by atoms with Crippen LogP contribution in [0, 0.1) is 5.92 Å². The van der Waals surface area contributed by atoms with Gasteiger partial charge in [-0.3, -0.25) is 14.5 Å². The number of hydrogen-bond acceptors (Lipinski definition) is 5. The molecule has 0 bridgehead atoms. The van der Waals surface area contributed by atoms with Gasteiger partial charge in [0.25, 0.3) is 5.91 Å². The molecule has 10 heteroatoms. The Balaban J connectivity index is 1.72. The first-order valence-corrected chi connectivity index (χ1v) is 11.7. The molecule has 33 heavy (non-hydrogen) atoms. The van der Waals surface area contributed by atoms with Gasteiger partial charge < -0.3 is 15.4 Å². The van der Waals surface area contributed by atoms with Crippen LogP contribution in [-0.4, -0.2) is 55.6 Å². The monoisotopic (exact) mass is 483 g/mol. The number of halogens is 3. The Kier molecular flexibility index (Phi) is 8.50. The van der Waals surface area contributed by atoms with Crippen molar-refractivity contribution in [3.63, 3.8) is 0 Å². The summed E-state index contributed by atoms with van der Waals surface area (Å²) in [6.45, 7) is 6.10. The highest BCUT2D eigenvalue weighted by molar-refractivity contribution is 7.12. The lowest BCUT2D eigenvalue weighted by atomic mass is 10.0. The summed E-state index contributed by atoms with van der Waals surface area (Å²) < 4.78 is 44.3. The topological polar surface area (TPSA) is 70.7 Å². The molecule has 1 fully saturated rings. The van der Waals surface area contributed by atoms with E-state index in [1.807, 2.05) is 13.8 Å². The first-order chi connectivity index (χ1) is 15.7. The Morgan fingerprint density at radius 1 is 1.12 bits per heavy atom. The van der Waals surface area contributed by atoms with Gasteiger partial charge in [0.1, 0.15) is 6.04 Å². The molecule has 1 aliphatic rings. The number of carbonyl (C=O) groups excluding carboxylic acids is 2. The first kappa shape index (κ1) is 25.2. The van der Waals surface area contributed by atoms with E-state index in [2.05, 4.69) is 15.5 Å². The van der Waals surface area contributed by atoms with Gasteiger partial charge >= 0.3 is 6.18 Å². The van der Waals surface area contributed by atoms with Crippen LogP contribution in [0.4, 0.5) is 13.2 Å². The second-order valence-corrected chi connectivity index (χ2v) is 9.15. The average molecular weight is 484 g/mol. The van der Waals surface area contributed by atoms with E-state index < -0.39 is 17.8 Å². The van der Waals surface area contributed by atoms with Crippen LogP contribution in [0.3, 0.4) is 0 Å². The molecule has 1 saturated heterocycles. The van der Waals surface area contributed by atoms with Crippen molar-refractivity contribution < 1.29 is 27.5 Å². The van der Waals surface area contributed by atoms with Gasteiger partial charge in [0.2, 0.25) is 5.91 Å². The molecule has 180 valence electrons. The molecule has 2 unspecified atom stereocenters. The summed E-state index contributed by atoms with van der Waals surface area (Å²) in [7, 11) is 0. The molecule has 6 nitrogen and oxygen atoms in total. The standard InChI is InChI=1S/C23H28F3N3O3S/c1-15(2)20(28-21(30)19-4-3-13-33-19)22(31)27-14-18(29-9-11-32-12-10-29)16-5-7-17(8-6-16)23(24,25)26/h3-8,13,15,18,20H,9-12,14H2,1-2H3,(H,27,31)(H,28,30). The summed E-state index contributed by atoms with van der Waals surface area (Å²) in [5.41, 5.74) is -0.0407. The van der Waals surface area contributed by atoms with Crippen LogP contribution in [0.2, 0.25) is 0 Å². The lowest BCUT2D eigenvalue weighted by molar-refractivity contribution is -0.137. The van der Waals surface area contributed by atoms with Crippen molar-refractivity contribution in [1.29, 1.82) is 0 Å². The Morgan fingerprint density at radius 2 is 1.79 bits per heavy atom. The van der Waals surface area contributed by atoms with E-state index in [1.165, 1.54) is 23.5 Å². The Hall–Kier alpha value is -2.43. The van der Waals surface area contributed by atoms with Crippen LogP contribution in [0.1, 0.15) is 40.7 Å². The number of ether oxygens (including phenoxy) is 1. The summed E-state index contributed by atoms with van der Waals surface area (Å²) >= 11 is 1.29. The van der Waals surface area contributed by atoms with Crippen LogP contribution in [0.15, 0.2) is 41.8 Å². The number of alkyl halides is 3. The lowest BCUT2D eigenvalue weighted by Gasteiger charge is -2.35. The van der Waals surface area contributed by atoms with Gasteiger partial charge in [-0.1, -0.05) is 32.0 Å². The van der Waals surface area contributed by atoms with E-state index in [9.17, 15) is 22.8 Å². The Bertz CT molecular complexity index is 911. The molecular weight excluding hydrogens is 455 g/mol. The van der Waals surface area contributed by atoms with Crippen molar-refractivity contribution in [2.24, 2.45) is 5.92 Å². The van der Waals surface area contributed by atoms with E-state index in [-0.39, 0.29) is 30.3 Å². The molecule has 2 aromatic rings. The van der Waals surface area contributed by atoms with E-state index in [0.29, 0.717) is 36.7 Å². The minimum Gasteiger partial charge on any atom is -0.379 e. The smallest absolute Gasteiger partial charge is 0.379 e. The number of thiophene rings is 1. The predicted molar refractivity (Wildman–Crippen MR) is 120 cm³/mol. The lowest BCUT2D eigenvalue weighted by Crippen LogP contribution is -2.51. The van der Waals surface area contributed by atoms with Crippen LogP contribution >= 0.6 is 11.3 Å². The molecule has 2 amide bonds. The van der Waals surface area contributed by atoms with Gasteiger partial charge in [-0.15, -0.1) is 11.3 Å². The summed E-state index contributed by atoms with van der Waals surface area (Å²) in [5.74, 6) is -0.798. The van der Waals surface area contributed by atoms with Crippen molar-refractivity contribution in [3.8, 4) is 0 Å². The predicted octanol–water partition coefficient (Wildman–Crippen LogP) is 3.71. The fraction of sp³-hybridized carbons (Fsp3) is 0.478. The average Bonchev–Trinajstić information content (AvgIpc) is 3.33. The molecule has 1 aliphatic heterocycles. The normalized spacial score (nSPS) is 16.9. The maximum Gasteiger partial charge on any atom is 0.416 e. The van der Waals surface area contributed by atoms with Crippen LogP contribution in [0.25, 0.3) is 0 Å². The zero-order valence-corrected chi connectivity index (χ0v) is 19.3. The third-order valence-electron chi connectivity index (χ3n) is 5.56. The van der Waals surface area contributed by atoms with Crippen molar-refractivity contribution in [2.45, 2.75) is 32.1 Å². The minimum absolute atomic E-state index is 0.151.